The maximum atomic E-state index is 5.69. The van der Waals surface area contributed by atoms with Gasteiger partial charge in [-0.15, -0.1) is 0 Å². The average molecular weight is 337 g/mol. The van der Waals surface area contributed by atoms with Crippen LogP contribution in [0.2, 0.25) is 0 Å². The van der Waals surface area contributed by atoms with E-state index in [-0.39, 0.29) is 0 Å². The van der Waals surface area contributed by atoms with Gasteiger partial charge in [-0.3, -0.25) is 0 Å². The molecule has 5 nitrogen and oxygen atoms in total. The number of ether oxygens (including phenoxy) is 4. The highest BCUT2D eigenvalue weighted by Gasteiger charge is 2.15. The van der Waals surface area contributed by atoms with Crippen molar-refractivity contribution in [3.63, 3.8) is 0 Å². The van der Waals surface area contributed by atoms with E-state index in [0.717, 1.165) is 50.7 Å². The van der Waals surface area contributed by atoms with Crippen LogP contribution in [0.3, 0.4) is 0 Å². The van der Waals surface area contributed by atoms with Crippen LogP contribution in [0.25, 0.3) is 22.2 Å². The van der Waals surface area contributed by atoms with Gasteiger partial charge in [-0.1, -0.05) is 0 Å². The lowest BCUT2D eigenvalue weighted by Gasteiger charge is -2.19. The van der Waals surface area contributed by atoms with Gasteiger partial charge in [0.05, 0.1) is 25.4 Å². The predicted molar refractivity (Wildman–Crippen MR) is 96.0 cm³/mol. The Hall–Kier alpha value is -2.95. The number of rotatable bonds is 3. The molecule has 1 aromatic heterocycles. The van der Waals surface area contributed by atoms with Crippen molar-refractivity contribution in [1.29, 1.82) is 0 Å². The van der Waals surface area contributed by atoms with Gasteiger partial charge >= 0.3 is 0 Å². The fourth-order valence-corrected chi connectivity index (χ4v) is 3.03. The van der Waals surface area contributed by atoms with Crippen LogP contribution in [-0.2, 0) is 0 Å². The summed E-state index contributed by atoms with van der Waals surface area (Å²) in [4.78, 5) is 4.82. The van der Waals surface area contributed by atoms with Gasteiger partial charge in [-0.25, -0.2) is 4.98 Å². The first-order chi connectivity index (χ1) is 12.2. The molecule has 0 aliphatic carbocycles. The summed E-state index contributed by atoms with van der Waals surface area (Å²) in [5.41, 5.74) is 3.80. The summed E-state index contributed by atoms with van der Waals surface area (Å²) >= 11 is 0. The van der Waals surface area contributed by atoms with E-state index in [0.29, 0.717) is 13.2 Å². The third-order valence-corrected chi connectivity index (χ3v) is 4.33. The molecule has 3 aromatic rings. The largest absolute Gasteiger partial charge is 0.497 e. The van der Waals surface area contributed by atoms with Gasteiger partial charge in [0.15, 0.2) is 11.5 Å². The Morgan fingerprint density at radius 2 is 1.48 bits per heavy atom. The topological polar surface area (TPSA) is 49.8 Å². The second-order valence-electron chi connectivity index (χ2n) is 5.94. The minimum atomic E-state index is 0.560. The lowest BCUT2D eigenvalue weighted by Crippen LogP contribution is -2.15. The van der Waals surface area contributed by atoms with E-state index in [1.165, 1.54) is 0 Å². The van der Waals surface area contributed by atoms with E-state index in [2.05, 4.69) is 13.0 Å². The highest BCUT2D eigenvalue weighted by Crippen LogP contribution is 2.37. The fourth-order valence-electron chi connectivity index (χ4n) is 3.03. The zero-order valence-electron chi connectivity index (χ0n) is 14.5. The standard InChI is InChI=1S/C20H19NO4/c1-12-6-17(13-7-14(22-2)9-15(8-13)23-3)21-18-11-20-19(10-16(12)18)24-4-5-25-20/h6-11H,4-5H2,1-3H3. The first kappa shape index (κ1) is 15.6. The van der Waals surface area contributed by atoms with E-state index in [1.807, 2.05) is 30.3 Å². The molecule has 1 aliphatic heterocycles. The molecule has 128 valence electrons. The first-order valence-corrected chi connectivity index (χ1v) is 8.12. The Morgan fingerprint density at radius 3 is 2.12 bits per heavy atom. The number of pyridine rings is 1. The summed E-state index contributed by atoms with van der Waals surface area (Å²) in [6, 6.07) is 11.8. The molecule has 2 aromatic carbocycles. The minimum absolute atomic E-state index is 0.560. The molecule has 2 heterocycles. The Balaban J connectivity index is 1.88. The third kappa shape index (κ3) is 2.82. The first-order valence-electron chi connectivity index (χ1n) is 8.12. The molecule has 0 saturated carbocycles. The second kappa shape index (κ2) is 6.16. The van der Waals surface area contributed by atoms with Crippen LogP contribution in [-0.4, -0.2) is 32.4 Å². The second-order valence-corrected chi connectivity index (χ2v) is 5.94. The van der Waals surface area contributed by atoms with Crippen LogP contribution >= 0.6 is 0 Å². The van der Waals surface area contributed by atoms with Gasteiger partial charge in [0.2, 0.25) is 0 Å². The van der Waals surface area contributed by atoms with Crippen molar-refractivity contribution in [2.24, 2.45) is 0 Å². The zero-order chi connectivity index (χ0) is 17.4. The molecule has 0 saturated heterocycles. The Morgan fingerprint density at radius 1 is 0.840 bits per heavy atom. The SMILES string of the molecule is COc1cc(OC)cc(-c2cc(C)c3cc4c(cc3n2)OCCO4)c1. The predicted octanol–water partition coefficient (Wildman–Crippen LogP) is 4.00. The van der Waals surface area contributed by atoms with E-state index < -0.39 is 0 Å². The summed E-state index contributed by atoms with van der Waals surface area (Å²) in [6.45, 7) is 3.21. The van der Waals surface area contributed by atoms with Crippen LogP contribution in [0.5, 0.6) is 23.0 Å². The molecule has 0 radical (unpaired) electrons. The smallest absolute Gasteiger partial charge is 0.163 e. The molecule has 0 amide bonds. The molecule has 4 rings (SSSR count). The molecular weight excluding hydrogens is 318 g/mol. The lowest BCUT2D eigenvalue weighted by molar-refractivity contribution is 0.172. The quantitative estimate of drug-likeness (QED) is 0.723. The van der Waals surface area contributed by atoms with Gasteiger partial charge in [0, 0.05) is 23.1 Å². The maximum absolute atomic E-state index is 5.69. The normalized spacial score (nSPS) is 12.9. The molecule has 0 bridgehead atoms. The Kier molecular flexibility index (Phi) is 3.84. The van der Waals surface area contributed by atoms with Gasteiger partial charge in [-0.2, -0.15) is 0 Å². The number of nitrogens with zero attached hydrogens (tertiary/aromatic N) is 1. The highest BCUT2D eigenvalue weighted by atomic mass is 16.6. The fraction of sp³-hybridized carbons (Fsp3) is 0.250. The minimum Gasteiger partial charge on any atom is -0.497 e. The van der Waals surface area contributed by atoms with Crippen molar-refractivity contribution < 1.29 is 18.9 Å². The maximum Gasteiger partial charge on any atom is 0.163 e. The van der Waals surface area contributed by atoms with Crippen molar-refractivity contribution in [2.45, 2.75) is 6.92 Å². The summed E-state index contributed by atoms with van der Waals surface area (Å²) in [6.07, 6.45) is 0. The molecule has 0 unspecified atom stereocenters. The van der Waals surface area contributed by atoms with E-state index in [1.54, 1.807) is 14.2 Å². The van der Waals surface area contributed by atoms with Crippen LogP contribution in [0.4, 0.5) is 0 Å². The van der Waals surface area contributed by atoms with E-state index >= 15 is 0 Å². The highest BCUT2D eigenvalue weighted by molar-refractivity contribution is 5.88. The van der Waals surface area contributed by atoms with Crippen LogP contribution in [0.15, 0.2) is 36.4 Å². The number of aryl methyl sites for hydroxylation is 1. The molecule has 0 spiro atoms. The number of methoxy groups -OCH3 is 2. The Labute approximate surface area is 146 Å². The Bertz CT molecular complexity index is 930. The average Bonchev–Trinajstić information content (AvgIpc) is 2.66. The van der Waals surface area contributed by atoms with E-state index in [4.69, 9.17) is 23.9 Å². The molecule has 1 aliphatic rings. The van der Waals surface area contributed by atoms with Crippen molar-refractivity contribution in [3.8, 4) is 34.3 Å². The van der Waals surface area contributed by atoms with Crippen molar-refractivity contribution in [2.75, 3.05) is 27.4 Å². The van der Waals surface area contributed by atoms with E-state index in [9.17, 15) is 0 Å². The number of hydrogen-bond donors (Lipinski definition) is 0. The van der Waals surface area contributed by atoms with Crippen LogP contribution < -0.4 is 18.9 Å². The van der Waals surface area contributed by atoms with Gasteiger partial charge in [-0.05, 0) is 36.8 Å². The van der Waals surface area contributed by atoms with Crippen molar-refractivity contribution in [3.05, 3.63) is 42.0 Å². The zero-order valence-corrected chi connectivity index (χ0v) is 14.5. The van der Waals surface area contributed by atoms with Crippen LogP contribution in [0.1, 0.15) is 5.56 Å². The number of fused-ring (bicyclic) bond motifs is 2. The van der Waals surface area contributed by atoms with Crippen LogP contribution in [0, 0.1) is 6.92 Å². The molecule has 0 fully saturated rings. The summed E-state index contributed by atoms with van der Waals surface area (Å²) in [7, 11) is 3.28. The summed E-state index contributed by atoms with van der Waals surface area (Å²) < 4.78 is 22.1. The number of benzene rings is 2. The monoisotopic (exact) mass is 337 g/mol. The molecule has 0 atom stereocenters. The molecule has 0 N–H and O–H groups in total. The lowest BCUT2D eigenvalue weighted by atomic mass is 10.0. The number of aromatic nitrogens is 1. The summed E-state index contributed by atoms with van der Waals surface area (Å²) in [5.74, 6) is 2.98. The number of hydrogen-bond acceptors (Lipinski definition) is 5. The van der Waals surface area contributed by atoms with Gasteiger partial charge in [0.1, 0.15) is 24.7 Å². The van der Waals surface area contributed by atoms with Crippen molar-refractivity contribution >= 4 is 10.9 Å². The van der Waals surface area contributed by atoms with Gasteiger partial charge < -0.3 is 18.9 Å². The van der Waals surface area contributed by atoms with Crippen molar-refractivity contribution in [1.82, 2.24) is 4.98 Å². The molecule has 25 heavy (non-hydrogen) atoms. The summed E-state index contributed by atoms with van der Waals surface area (Å²) in [5, 5.41) is 1.06. The molecule has 5 heteroatoms. The molecular formula is C20H19NO4. The third-order valence-electron chi connectivity index (χ3n) is 4.33. The van der Waals surface area contributed by atoms with Gasteiger partial charge in [0.25, 0.3) is 0 Å².